The molecule has 2 rings (SSSR count). The number of likely N-dealkylation sites (tertiary alicyclic amines) is 1. The van der Waals surface area contributed by atoms with E-state index in [1.54, 1.807) is 0 Å². The molecule has 1 aliphatic rings. The van der Waals surface area contributed by atoms with Crippen LogP contribution in [0, 0.1) is 0 Å². The number of nitrogens with two attached hydrogens (primary N) is 1. The molecular formula is C14H22N2. The van der Waals surface area contributed by atoms with Crippen molar-refractivity contribution in [3.05, 3.63) is 35.9 Å². The highest BCUT2D eigenvalue weighted by molar-refractivity contribution is 5.22. The van der Waals surface area contributed by atoms with Crippen molar-refractivity contribution < 1.29 is 2.82 Å². The van der Waals surface area contributed by atoms with Gasteiger partial charge in [-0.2, -0.15) is 0 Å². The molecule has 16 heavy (non-hydrogen) atoms. The first kappa shape index (κ1) is 9.20. The summed E-state index contributed by atoms with van der Waals surface area (Å²) in [5, 5.41) is 0. The van der Waals surface area contributed by atoms with Crippen molar-refractivity contribution >= 4 is 0 Å². The zero-order valence-electron chi connectivity index (χ0n) is 12.2. The number of hydrogen-bond donors (Lipinski definition) is 1. The molecule has 1 heterocycles. The molecule has 1 atom stereocenters. The predicted octanol–water partition coefficient (Wildman–Crippen LogP) is 2.56. The third-order valence-corrected chi connectivity index (χ3v) is 3.71. The van der Waals surface area contributed by atoms with Crippen LogP contribution in [0.2, 0.25) is 2.82 Å². The molecule has 2 heteroatoms. The van der Waals surface area contributed by atoms with Crippen molar-refractivity contribution in [2.75, 3.05) is 13.1 Å². The van der Waals surface area contributed by atoms with Crippen molar-refractivity contribution in [1.29, 1.82) is 0 Å². The third kappa shape index (κ3) is 2.13. The van der Waals surface area contributed by atoms with Gasteiger partial charge in [-0.25, -0.2) is 0 Å². The molecular weight excluding hydrogens is 196 g/mol. The lowest BCUT2D eigenvalue weighted by atomic mass is 9.88. The second-order valence-corrected chi connectivity index (χ2v) is 5.16. The van der Waals surface area contributed by atoms with Crippen LogP contribution in [0.25, 0.3) is 0 Å². The van der Waals surface area contributed by atoms with E-state index in [4.69, 9.17) is 2.82 Å². The predicted molar refractivity (Wildman–Crippen MR) is 68.3 cm³/mol. The van der Waals surface area contributed by atoms with E-state index in [1.807, 2.05) is 30.3 Å². The molecule has 2 nitrogen and oxygen atoms in total. The van der Waals surface area contributed by atoms with Gasteiger partial charge in [0.1, 0.15) is 2.82 Å². The molecule has 1 unspecified atom stereocenters. The van der Waals surface area contributed by atoms with E-state index in [0.29, 0.717) is 0 Å². The van der Waals surface area contributed by atoms with E-state index in [0.717, 1.165) is 24.4 Å². The van der Waals surface area contributed by atoms with Crippen LogP contribution in [-0.2, 0) is 0 Å². The molecule has 0 radical (unpaired) electrons. The van der Waals surface area contributed by atoms with Crippen LogP contribution in [0.15, 0.2) is 30.3 Å². The summed E-state index contributed by atoms with van der Waals surface area (Å²) in [5.74, 6) is 0. The normalized spacial score (nSPS) is 21.9. The van der Waals surface area contributed by atoms with Gasteiger partial charge in [0.15, 0.2) is 0 Å². The van der Waals surface area contributed by atoms with Crippen LogP contribution in [-0.4, -0.2) is 23.5 Å². The molecule has 1 saturated heterocycles. The molecule has 88 valence electrons. The SMILES string of the molecule is [2H]N([2H])C(c1ccccc1)C(C)(C)N1CCCC1. The Morgan fingerprint density at radius 2 is 1.88 bits per heavy atom. The highest BCUT2D eigenvalue weighted by Crippen LogP contribution is 2.31. The van der Waals surface area contributed by atoms with Crippen molar-refractivity contribution in [3.63, 3.8) is 0 Å². The smallest absolute Gasteiger partial charge is 0.119 e. The Hall–Kier alpha value is -0.860. The molecule has 1 aromatic carbocycles. The molecule has 0 amide bonds. The van der Waals surface area contributed by atoms with E-state index in [-0.39, 0.29) is 11.6 Å². The molecule has 0 spiro atoms. The van der Waals surface area contributed by atoms with Crippen molar-refractivity contribution in [1.82, 2.24) is 4.90 Å². The summed E-state index contributed by atoms with van der Waals surface area (Å²) >= 11 is 0. The first-order chi connectivity index (χ1) is 8.53. The number of nitrogens with zero attached hydrogens (tertiary/aromatic N) is 1. The van der Waals surface area contributed by atoms with Crippen LogP contribution >= 0.6 is 0 Å². The van der Waals surface area contributed by atoms with Gasteiger partial charge in [-0.1, -0.05) is 30.3 Å². The Morgan fingerprint density at radius 3 is 2.44 bits per heavy atom. The van der Waals surface area contributed by atoms with Gasteiger partial charge >= 0.3 is 0 Å². The van der Waals surface area contributed by atoms with Crippen molar-refractivity contribution in [2.45, 2.75) is 38.3 Å². The van der Waals surface area contributed by atoms with Crippen LogP contribution in [0.1, 0.15) is 38.3 Å². The Kier molecular flexibility index (Phi) is 2.62. The topological polar surface area (TPSA) is 29.3 Å². The second kappa shape index (κ2) is 4.56. The summed E-state index contributed by atoms with van der Waals surface area (Å²) in [5.41, 5.74) is 1.70. The molecule has 1 aromatic rings. The fraction of sp³-hybridized carbons (Fsp3) is 0.571. The van der Waals surface area contributed by atoms with Crippen LogP contribution in [0.3, 0.4) is 0 Å². The second-order valence-electron chi connectivity index (χ2n) is 5.16. The summed E-state index contributed by atoms with van der Waals surface area (Å²) in [6.45, 7) is 6.44. The summed E-state index contributed by atoms with van der Waals surface area (Å²) < 4.78 is 15.5. The van der Waals surface area contributed by atoms with Gasteiger partial charge in [-0.15, -0.1) is 0 Å². The fourth-order valence-corrected chi connectivity index (χ4v) is 2.51. The minimum atomic E-state index is -0.225. The minimum Gasteiger partial charge on any atom is -0.322 e. The summed E-state index contributed by atoms with van der Waals surface area (Å²) in [7, 11) is 0. The lowest BCUT2D eigenvalue weighted by Crippen LogP contribution is -2.49. The van der Waals surface area contributed by atoms with Crippen LogP contribution in [0.5, 0.6) is 0 Å². The van der Waals surface area contributed by atoms with E-state index >= 15 is 0 Å². The first-order valence-corrected chi connectivity index (χ1v) is 6.10. The molecule has 1 fully saturated rings. The van der Waals surface area contributed by atoms with E-state index in [1.165, 1.54) is 12.8 Å². The van der Waals surface area contributed by atoms with Gasteiger partial charge in [0, 0.05) is 11.6 Å². The van der Waals surface area contributed by atoms with Crippen molar-refractivity contribution in [3.8, 4) is 0 Å². The van der Waals surface area contributed by atoms with Gasteiger partial charge in [0.2, 0.25) is 0 Å². The van der Waals surface area contributed by atoms with Crippen LogP contribution < -0.4 is 5.72 Å². The Balaban J connectivity index is 2.29. The zero-order valence-corrected chi connectivity index (χ0v) is 10.2. The Labute approximate surface area is 101 Å². The average molecular weight is 220 g/mol. The average Bonchev–Trinajstić information content (AvgIpc) is 2.83. The highest BCUT2D eigenvalue weighted by atomic mass is 15.2. The van der Waals surface area contributed by atoms with E-state index in [2.05, 4.69) is 18.7 Å². The van der Waals surface area contributed by atoms with Gasteiger partial charge in [-0.05, 0) is 45.3 Å². The summed E-state index contributed by atoms with van der Waals surface area (Å²) in [6, 6.07) is 9.73. The molecule has 1 aliphatic heterocycles. The molecule has 0 saturated carbocycles. The third-order valence-electron chi connectivity index (χ3n) is 3.71. The maximum Gasteiger partial charge on any atom is 0.119 e. The Bertz CT molecular complexity index is 373. The van der Waals surface area contributed by atoms with Crippen LogP contribution in [0.4, 0.5) is 0 Å². The summed E-state index contributed by atoms with van der Waals surface area (Å²) in [6.07, 6.45) is 2.45. The Morgan fingerprint density at radius 1 is 1.25 bits per heavy atom. The number of rotatable bonds is 4. The lowest BCUT2D eigenvalue weighted by Gasteiger charge is -2.40. The van der Waals surface area contributed by atoms with E-state index < -0.39 is 0 Å². The molecule has 0 aromatic heterocycles. The van der Waals surface area contributed by atoms with Gasteiger partial charge in [0.05, 0.1) is 0 Å². The highest BCUT2D eigenvalue weighted by Gasteiger charge is 2.35. The van der Waals surface area contributed by atoms with Crippen molar-refractivity contribution in [2.24, 2.45) is 5.72 Å². The number of benzene rings is 1. The monoisotopic (exact) mass is 220 g/mol. The minimum absolute atomic E-state index is 0.193. The van der Waals surface area contributed by atoms with E-state index in [9.17, 15) is 0 Å². The molecule has 2 N–H and O–H groups in total. The quantitative estimate of drug-likeness (QED) is 0.845. The maximum atomic E-state index is 7.77. The number of hydrogen-bond acceptors (Lipinski definition) is 2. The first-order valence-electron chi connectivity index (χ1n) is 7.00. The fourth-order valence-electron chi connectivity index (χ4n) is 2.51. The van der Waals surface area contributed by atoms with Gasteiger partial charge in [0.25, 0.3) is 0 Å². The maximum absolute atomic E-state index is 7.77. The lowest BCUT2D eigenvalue weighted by molar-refractivity contribution is 0.124. The standard InChI is InChI=1S/C14H22N2/c1-14(2,16-10-6-7-11-16)13(15)12-8-4-3-5-9-12/h3-5,8-9,13H,6-7,10-11,15H2,1-2H3/i/hD2. The largest absolute Gasteiger partial charge is 0.322 e. The van der Waals surface area contributed by atoms with Gasteiger partial charge < -0.3 is 5.72 Å². The summed E-state index contributed by atoms with van der Waals surface area (Å²) in [4.78, 5) is 2.40. The zero-order chi connectivity index (χ0) is 13.2. The molecule has 0 bridgehead atoms. The van der Waals surface area contributed by atoms with Gasteiger partial charge in [-0.3, -0.25) is 4.90 Å². The molecule has 0 aliphatic carbocycles.